The van der Waals surface area contributed by atoms with Crippen molar-refractivity contribution in [2.24, 2.45) is 0 Å². The molecule has 21 heavy (non-hydrogen) atoms. The molecule has 2 rings (SSSR count). The zero-order valence-corrected chi connectivity index (χ0v) is 13.6. The average molecular weight is 303 g/mol. The van der Waals surface area contributed by atoms with Crippen LogP contribution in [0.25, 0.3) is 0 Å². The SMILES string of the molecule is CC(O)CC(CNC(C)Cc1ccsc1)c1ccccc1. The Kier molecular flexibility index (Phi) is 6.43. The standard InChI is InChI=1S/C18H25NOS/c1-14(10-16-8-9-21-13-16)19-12-18(11-15(2)20)17-6-4-3-5-7-17/h3-9,13-15,18-20H,10-12H2,1-2H3. The van der Waals surface area contributed by atoms with E-state index in [1.807, 2.05) is 13.0 Å². The van der Waals surface area contributed by atoms with E-state index in [2.05, 4.69) is 53.3 Å². The number of benzene rings is 1. The Morgan fingerprint density at radius 1 is 1.14 bits per heavy atom. The lowest BCUT2D eigenvalue weighted by Crippen LogP contribution is -2.32. The van der Waals surface area contributed by atoms with Crippen molar-refractivity contribution in [1.82, 2.24) is 5.32 Å². The van der Waals surface area contributed by atoms with Gasteiger partial charge in [0.25, 0.3) is 0 Å². The summed E-state index contributed by atoms with van der Waals surface area (Å²) in [5, 5.41) is 17.7. The minimum absolute atomic E-state index is 0.274. The molecule has 1 heterocycles. The van der Waals surface area contributed by atoms with E-state index in [0.29, 0.717) is 12.0 Å². The molecule has 2 nitrogen and oxygen atoms in total. The summed E-state index contributed by atoms with van der Waals surface area (Å²) in [6.45, 7) is 4.99. The monoisotopic (exact) mass is 303 g/mol. The van der Waals surface area contributed by atoms with Crippen LogP contribution in [-0.4, -0.2) is 23.8 Å². The molecule has 0 spiro atoms. The van der Waals surface area contributed by atoms with E-state index in [-0.39, 0.29) is 6.10 Å². The summed E-state index contributed by atoms with van der Waals surface area (Å²) in [6, 6.07) is 13.1. The van der Waals surface area contributed by atoms with Crippen molar-refractivity contribution in [3.05, 3.63) is 58.3 Å². The van der Waals surface area contributed by atoms with Gasteiger partial charge in [-0.25, -0.2) is 0 Å². The first-order valence-electron chi connectivity index (χ1n) is 7.62. The average Bonchev–Trinajstić information content (AvgIpc) is 2.97. The van der Waals surface area contributed by atoms with Crippen molar-refractivity contribution in [2.75, 3.05) is 6.54 Å². The lowest BCUT2D eigenvalue weighted by Gasteiger charge is -2.22. The molecular formula is C18H25NOS. The highest BCUT2D eigenvalue weighted by Gasteiger charge is 2.15. The lowest BCUT2D eigenvalue weighted by atomic mass is 9.93. The molecule has 0 saturated carbocycles. The Morgan fingerprint density at radius 3 is 2.52 bits per heavy atom. The van der Waals surface area contributed by atoms with Gasteiger partial charge >= 0.3 is 0 Å². The van der Waals surface area contributed by atoms with Crippen molar-refractivity contribution in [1.29, 1.82) is 0 Å². The van der Waals surface area contributed by atoms with Crippen LogP contribution in [-0.2, 0) is 6.42 Å². The highest BCUT2D eigenvalue weighted by atomic mass is 32.1. The Hall–Kier alpha value is -1.16. The summed E-state index contributed by atoms with van der Waals surface area (Å²) in [7, 11) is 0. The summed E-state index contributed by atoms with van der Waals surface area (Å²) in [5.74, 6) is 0.358. The van der Waals surface area contributed by atoms with Crippen molar-refractivity contribution in [2.45, 2.75) is 44.8 Å². The maximum Gasteiger partial charge on any atom is 0.0518 e. The molecule has 0 radical (unpaired) electrons. The van der Waals surface area contributed by atoms with Crippen LogP contribution in [0.4, 0.5) is 0 Å². The summed E-state index contributed by atoms with van der Waals surface area (Å²) >= 11 is 1.75. The molecule has 2 N–H and O–H groups in total. The number of aliphatic hydroxyl groups is 1. The van der Waals surface area contributed by atoms with Crippen molar-refractivity contribution in [3.8, 4) is 0 Å². The van der Waals surface area contributed by atoms with Gasteiger partial charge in [0.1, 0.15) is 0 Å². The van der Waals surface area contributed by atoms with Crippen LogP contribution in [0.1, 0.15) is 37.3 Å². The highest BCUT2D eigenvalue weighted by Crippen LogP contribution is 2.21. The minimum atomic E-state index is -0.274. The summed E-state index contributed by atoms with van der Waals surface area (Å²) in [4.78, 5) is 0. The van der Waals surface area contributed by atoms with Crippen LogP contribution in [0.15, 0.2) is 47.2 Å². The van der Waals surface area contributed by atoms with Crippen LogP contribution in [0, 0.1) is 0 Å². The van der Waals surface area contributed by atoms with Crippen molar-refractivity contribution in [3.63, 3.8) is 0 Å². The molecule has 0 bridgehead atoms. The Labute approximate surface area is 131 Å². The van der Waals surface area contributed by atoms with E-state index in [9.17, 15) is 5.11 Å². The second-order valence-electron chi connectivity index (χ2n) is 5.84. The predicted octanol–water partition coefficient (Wildman–Crippen LogP) is 3.82. The summed E-state index contributed by atoms with van der Waals surface area (Å²) < 4.78 is 0. The predicted molar refractivity (Wildman–Crippen MR) is 91.0 cm³/mol. The van der Waals surface area contributed by atoms with E-state index in [1.165, 1.54) is 11.1 Å². The van der Waals surface area contributed by atoms with E-state index in [1.54, 1.807) is 11.3 Å². The van der Waals surface area contributed by atoms with E-state index >= 15 is 0 Å². The summed E-state index contributed by atoms with van der Waals surface area (Å²) in [5.41, 5.74) is 2.69. The zero-order chi connectivity index (χ0) is 15.1. The third kappa shape index (κ3) is 5.62. The molecule has 0 saturated heterocycles. The molecule has 2 aromatic rings. The van der Waals surface area contributed by atoms with Gasteiger partial charge in [0, 0.05) is 12.6 Å². The van der Waals surface area contributed by atoms with Crippen LogP contribution < -0.4 is 5.32 Å². The third-order valence-corrected chi connectivity index (χ3v) is 4.46. The molecule has 0 aliphatic rings. The number of thiophene rings is 1. The molecule has 1 aromatic carbocycles. The van der Waals surface area contributed by atoms with Gasteiger partial charge in [0.2, 0.25) is 0 Å². The molecule has 1 aromatic heterocycles. The minimum Gasteiger partial charge on any atom is -0.393 e. The topological polar surface area (TPSA) is 32.3 Å². The number of hydrogen-bond donors (Lipinski definition) is 2. The molecule has 3 unspecified atom stereocenters. The van der Waals surface area contributed by atoms with Gasteiger partial charge in [-0.15, -0.1) is 0 Å². The number of nitrogens with one attached hydrogen (secondary N) is 1. The van der Waals surface area contributed by atoms with Crippen LogP contribution in [0.5, 0.6) is 0 Å². The van der Waals surface area contributed by atoms with Crippen LogP contribution in [0.2, 0.25) is 0 Å². The Balaban J connectivity index is 1.89. The Morgan fingerprint density at radius 2 is 1.90 bits per heavy atom. The first-order valence-corrected chi connectivity index (χ1v) is 8.57. The quantitative estimate of drug-likeness (QED) is 0.777. The highest BCUT2D eigenvalue weighted by molar-refractivity contribution is 7.07. The molecule has 114 valence electrons. The van der Waals surface area contributed by atoms with Crippen molar-refractivity contribution < 1.29 is 5.11 Å². The molecule has 3 atom stereocenters. The zero-order valence-electron chi connectivity index (χ0n) is 12.8. The van der Waals surface area contributed by atoms with Gasteiger partial charge in [0.15, 0.2) is 0 Å². The maximum atomic E-state index is 9.73. The molecule has 3 heteroatoms. The largest absolute Gasteiger partial charge is 0.393 e. The molecule has 0 amide bonds. The summed E-state index contributed by atoms with van der Waals surface area (Å²) in [6.07, 6.45) is 1.58. The molecular weight excluding hydrogens is 278 g/mol. The van der Waals surface area contributed by atoms with E-state index < -0.39 is 0 Å². The van der Waals surface area contributed by atoms with Gasteiger partial charge in [-0.3, -0.25) is 0 Å². The molecule has 0 aliphatic carbocycles. The number of hydrogen-bond acceptors (Lipinski definition) is 3. The Bertz CT molecular complexity index is 495. The normalized spacial score (nSPS) is 15.6. The van der Waals surface area contributed by atoms with Gasteiger partial charge in [-0.1, -0.05) is 30.3 Å². The molecule has 0 aliphatic heterocycles. The van der Waals surface area contributed by atoms with E-state index in [0.717, 1.165) is 19.4 Å². The van der Waals surface area contributed by atoms with Gasteiger partial charge in [0.05, 0.1) is 6.10 Å². The second kappa shape index (κ2) is 8.32. The van der Waals surface area contributed by atoms with Gasteiger partial charge in [-0.05, 0) is 60.6 Å². The fourth-order valence-electron chi connectivity index (χ4n) is 2.65. The van der Waals surface area contributed by atoms with Crippen molar-refractivity contribution >= 4 is 11.3 Å². The first kappa shape index (κ1) is 16.2. The fraction of sp³-hybridized carbons (Fsp3) is 0.444. The second-order valence-corrected chi connectivity index (χ2v) is 6.62. The van der Waals surface area contributed by atoms with E-state index in [4.69, 9.17) is 0 Å². The first-order chi connectivity index (χ1) is 10.1. The third-order valence-electron chi connectivity index (χ3n) is 3.73. The fourth-order valence-corrected chi connectivity index (χ4v) is 3.33. The number of aliphatic hydroxyl groups excluding tert-OH is 1. The molecule has 0 fully saturated rings. The lowest BCUT2D eigenvalue weighted by molar-refractivity contribution is 0.173. The smallest absolute Gasteiger partial charge is 0.0518 e. The van der Waals surface area contributed by atoms with Crippen LogP contribution in [0.3, 0.4) is 0 Å². The van der Waals surface area contributed by atoms with Gasteiger partial charge in [-0.2, -0.15) is 11.3 Å². The maximum absolute atomic E-state index is 9.73. The number of rotatable bonds is 8. The van der Waals surface area contributed by atoms with Gasteiger partial charge < -0.3 is 10.4 Å². The van der Waals surface area contributed by atoms with Crippen LogP contribution >= 0.6 is 11.3 Å².